The van der Waals surface area contributed by atoms with Gasteiger partial charge in [-0.2, -0.15) is 0 Å². The van der Waals surface area contributed by atoms with Crippen LogP contribution < -0.4 is 15.4 Å². The maximum atomic E-state index is 5.75. The highest BCUT2D eigenvalue weighted by Gasteiger charge is 2.15. The van der Waals surface area contributed by atoms with Crippen LogP contribution in [0.4, 0.5) is 0 Å². The molecule has 0 amide bonds. The first kappa shape index (κ1) is 24.0. The maximum absolute atomic E-state index is 5.75. The van der Waals surface area contributed by atoms with E-state index < -0.39 is 0 Å². The van der Waals surface area contributed by atoms with Crippen molar-refractivity contribution < 1.29 is 14.2 Å². The molecule has 0 bridgehead atoms. The normalized spacial score (nSPS) is 16.7. The number of hydrogen-bond donors (Lipinski definition) is 2. The number of rotatable bonds is 11. The van der Waals surface area contributed by atoms with Gasteiger partial charge >= 0.3 is 0 Å². The first-order chi connectivity index (χ1) is 12.8. The number of aliphatic imine (C=N–C) groups is 1. The van der Waals surface area contributed by atoms with Crippen molar-refractivity contribution in [1.82, 2.24) is 10.6 Å². The van der Waals surface area contributed by atoms with E-state index in [4.69, 9.17) is 14.2 Å². The first-order valence-electron chi connectivity index (χ1n) is 9.61. The zero-order chi connectivity index (χ0) is 18.5. The van der Waals surface area contributed by atoms with E-state index in [9.17, 15) is 0 Å². The topological polar surface area (TPSA) is 64.1 Å². The van der Waals surface area contributed by atoms with Crippen LogP contribution in [0.2, 0.25) is 0 Å². The summed E-state index contributed by atoms with van der Waals surface area (Å²) in [6, 6.07) is 8.17. The molecule has 0 aliphatic carbocycles. The Labute approximate surface area is 180 Å². The van der Waals surface area contributed by atoms with E-state index in [0.29, 0.717) is 0 Å². The molecule has 0 spiro atoms. The van der Waals surface area contributed by atoms with E-state index in [1.165, 1.54) is 5.56 Å². The van der Waals surface area contributed by atoms with Crippen LogP contribution in [0, 0.1) is 6.92 Å². The molecule has 0 saturated carbocycles. The highest BCUT2D eigenvalue weighted by atomic mass is 127. The van der Waals surface area contributed by atoms with Gasteiger partial charge in [0.2, 0.25) is 0 Å². The Balaban J connectivity index is 0.00000364. The molecule has 1 fully saturated rings. The third-order valence-electron chi connectivity index (χ3n) is 4.23. The summed E-state index contributed by atoms with van der Waals surface area (Å²) in [6.45, 7) is 6.87. The minimum atomic E-state index is 0. The van der Waals surface area contributed by atoms with E-state index >= 15 is 0 Å². The fourth-order valence-electron chi connectivity index (χ4n) is 2.65. The van der Waals surface area contributed by atoms with Gasteiger partial charge in [-0.1, -0.05) is 17.7 Å². The second kappa shape index (κ2) is 14.9. The van der Waals surface area contributed by atoms with Gasteiger partial charge in [-0.15, -0.1) is 24.0 Å². The van der Waals surface area contributed by atoms with Gasteiger partial charge in [-0.05, 0) is 44.7 Å². The molecule has 7 heteroatoms. The summed E-state index contributed by atoms with van der Waals surface area (Å²) in [6.07, 6.45) is 4.31. The molecule has 1 aliphatic heterocycles. The van der Waals surface area contributed by atoms with Gasteiger partial charge in [0.25, 0.3) is 0 Å². The van der Waals surface area contributed by atoms with Gasteiger partial charge in [-0.25, -0.2) is 0 Å². The minimum absolute atomic E-state index is 0. The number of hydrogen-bond acceptors (Lipinski definition) is 4. The highest BCUT2D eigenvalue weighted by molar-refractivity contribution is 14.0. The Kier molecular flexibility index (Phi) is 13.3. The third kappa shape index (κ3) is 10.8. The number of benzene rings is 1. The predicted octanol–water partition coefficient (Wildman–Crippen LogP) is 3.13. The number of nitrogens with one attached hydrogen (secondary N) is 2. The van der Waals surface area contributed by atoms with Crippen LogP contribution in [-0.4, -0.2) is 58.6 Å². The average molecular weight is 491 g/mol. The Bertz CT molecular complexity index is 520. The Morgan fingerprint density at radius 2 is 1.85 bits per heavy atom. The van der Waals surface area contributed by atoms with Crippen LogP contribution >= 0.6 is 24.0 Å². The molecule has 2 N–H and O–H groups in total. The second-order valence-corrected chi connectivity index (χ2v) is 6.50. The largest absolute Gasteiger partial charge is 0.494 e. The van der Waals surface area contributed by atoms with Gasteiger partial charge in [0.1, 0.15) is 5.75 Å². The minimum Gasteiger partial charge on any atom is -0.494 e. The number of ether oxygens (including phenoxy) is 3. The molecule has 1 aromatic carbocycles. The van der Waals surface area contributed by atoms with Gasteiger partial charge in [-0.3, -0.25) is 4.99 Å². The van der Waals surface area contributed by atoms with E-state index in [1.54, 1.807) is 7.05 Å². The van der Waals surface area contributed by atoms with Crippen LogP contribution in [-0.2, 0) is 9.47 Å². The summed E-state index contributed by atoms with van der Waals surface area (Å²) < 4.78 is 16.8. The molecule has 6 nitrogen and oxygen atoms in total. The van der Waals surface area contributed by atoms with E-state index in [1.807, 2.05) is 12.1 Å². The Hall–Kier alpha value is -1.06. The molecule has 154 valence electrons. The summed E-state index contributed by atoms with van der Waals surface area (Å²) in [5, 5.41) is 6.64. The van der Waals surface area contributed by atoms with E-state index in [0.717, 1.165) is 76.9 Å². The average Bonchev–Trinajstić information content (AvgIpc) is 3.17. The van der Waals surface area contributed by atoms with Crippen LogP contribution in [0.1, 0.15) is 31.2 Å². The van der Waals surface area contributed by atoms with Crippen LogP contribution in [0.5, 0.6) is 5.75 Å². The van der Waals surface area contributed by atoms with Gasteiger partial charge < -0.3 is 24.8 Å². The predicted molar refractivity (Wildman–Crippen MR) is 120 cm³/mol. The Morgan fingerprint density at radius 1 is 1.11 bits per heavy atom. The van der Waals surface area contributed by atoms with E-state index in [2.05, 4.69) is 34.7 Å². The summed E-state index contributed by atoms with van der Waals surface area (Å²) in [5.41, 5.74) is 1.25. The molecule has 1 heterocycles. The first-order valence-corrected chi connectivity index (χ1v) is 9.61. The molecule has 1 aliphatic rings. The molecule has 2 rings (SSSR count). The molecule has 1 aromatic rings. The molecule has 0 aromatic heterocycles. The van der Waals surface area contributed by atoms with Crippen molar-refractivity contribution in [1.29, 1.82) is 0 Å². The standard InChI is InChI=1S/C20H33N3O3.HI/c1-17-6-8-18(9-7-17)25-13-4-3-11-22-20(21-2)23-12-5-14-26-19-10-15-24-16-19;/h6-9,19H,3-5,10-16H2,1-2H3,(H2,21,22,23);1H. The number of unbranched alkanes of at least 4 members (excludes halogenated alkanes) is 1. The second-order valence-electron chi connectivity index (χ2n) is 6.50. The summed E-state index contributed by atoms with van der Waals surface area (Å²) in [5.74, 6) is 1.78. The summed E-state index contributed by atoms with van der Waals surface area (Å²) in [7, 11) is 1.79. The smallest absolute Gasteiger partial charge is 0.190 e. The molecular weight excluding hydrogens is 457 g/mol. The van der Waals surface area contributed by atoms with Crippen molar-refractivity contribution in [2.75, 3.05) is 46.6 Å². The van der Waals surface area contributed by atoms with Crippen LogP contribution in [0.15, 0.2) is 29.3 Å². The third-order valence-corrected chi connectivity index (χ3v) is 4.23. The SMILES string of the molecule is CN=C(NCCCCOc1ccc(C)cc1)NCCCOC1CCOC1.I. The molecule has 1 unspecified atom stereocenters. The van der Waals surface area contributed by atoms with Crippen LogP contribution in [0.3, 0.4) is 0 Å². The maximum Gasteiger partial charge on any atom is 0.190 e. The lowest BCUT2D eigenvalue weighted by Gasteiger charge is -2.13. The molecule has 27 heavy (non-hydrogen) atoms. The van der Waals surface area contributed by atoms with Crippen molar-refractivity contribution in [3.63, 3.8) is 0 Å². The monoisotopic (exact) mass is 491 g/mol. The van der Waals surface area contributed by atoms with Crippen molar-refractivity contribution in [3.05, 3.63) is 29.8 Å². The van der Waals surface area contributed by atoms with Gasteiger partial charge in [0.15, 0.2) is 5.96 Å². The number of nitrogens with zero attached hydrogens (tertiary/aromatic N) is 1. The molecule has 0 radical (unpaired) electrons. The molecule has 1 atom stereocenters. The van der Waals surface area contributed by atoms with Crippen LogP contribution in [0.25, 0.3) is 0 Å². The lowest BCUT2D eigenvalue weighted by Crippen LogP contribution is -2.38. The fraction of sp³-hybridized carbons (Fsp3) is 0.650. The van der Waals surface area contributed by atoms with Crippen molar-refractivity contribution in [2.24, 2.45) is 4.99 Å². The summed E-state index contributed by atoms with van der Waals surface area (Å²) in [4.78, 5) is 4.24. The quantitative estimate of drug-likeness (QED) is 0.216. The lowest BCUT2D eigenvalue weighted by atomic mass is 10.2. The zero-order valence-electron chi connectivity index (χ0n) is 16.5. The van der Waals surface area contributed by atoms with Gasteiger partial charge in [0, 0.05) is 33.4 Å². The van der Waals surface area contributed by atoms with Gasteiger partial charge in [0.05, 0.1) is 19.3 Å². The van der Waals surface area contributed by atoms with Crippen molar-refractivity contribution >= 4 is 29.9 Å². The lowest BCUT2D eigenvalue weighted by molar-refractivity contribution is 0.0420. The number of halogens is 1. The van der Waals surface area contributed by atoms with Crippen molar-refractivity contribution in [2.45, 2.75) is 38.7 Å². The number of guanidine groups is 1. The zero-order valence-corrected chi connectivity index (χ0v) is 18.9. The van der Waals surface area contributed by atoms with E-state index in [-0.39, 0.29) is 30.1 Å². The van der Waals surface area contributed by atoms with Crippen molar-refractivity contribution in [3.8, 4) is 5.75 Å². The fourth-order valence-corrected chi connectivity index (χ4v) is 2.65. The molecular formula is C20H34IN3O3. The number of aryl methyl sites for hydroxylation is 1. The molecule has 1 saturated heterocycles. The Morgan fingerprint density at radius 3 is 2.52 bits per heavy atom. The highest BCUT2D eigenvalue weighted by Crippen LogP contribution is 2.11. The summed E-state index contributed by atoms with van der Waals surface area (Å²) >= 11 is 0.